The molecule has 1 amide bonds. The van der Waals surface area contributed by atoms with Gasteiger partial charge in [-0.3, -0.25) is 9.36 Å². The van der Waals surface area contributed by atoms with E-state index in [1.165, 1.54) is 11.8 Å². The normalized spacial score (nSPS) is 12.6. The zero-order valence-corrected chi connectivity index (χ0v) is 19.5. The Morgan fingerprint density at radius 1 is 1.10 bits per heavy atom. The maximum atomic E-state index is 12.7. The molecule has 0 saturated heterocycles. The summed E-state index contributed by atoms with van der Waals surface area (Å²) in [5.41, 5.74) is 4.03. The number of carbonyl (C=O) groups is 1. The van der Waals surface area contributed by atoms with Crippen LogP contribution in [0.1, 0.15) is 17.0 Å². The van der Waals surface area contributed by atoms with Gasteiger partial charge in [0, 0.05) is 11.0 Å². The van der Waals surface area contributed by atoms with Crippen molar-refractivity contribution >= 4 is 35.1 Å². The molecule has 0 saturated carbocycles. The lowest BCUT2D eigenvalue weighted by Crippen LogP contribution is -2.18. The summed E-state index contributed by atoms with van der Waals surface area (Å²) < 4.78 is 13.3. The fourth-order valence-electron chi connectivity index (χ4n) is 3.33. The van der Waals surface area contributed by atoms with E-state index in [9.17, 15) is 4.79 Å². The molecule has 4 rings (SSSR count). The first-order chi connectivity index (χ1) is 15.0. The maximum absolute atomic E-state index is 12.7. The van der Waals surface area contributed by atoms with E-state index in [2.05, 4.69) is 47.6 Å². The predicted octanol–water partition coefficient (Wildman–Crippen LogP) is 4.42. The van der Waals surface area contributed by atoms with Crippen LogP contribution in [0.15, 0.2) is 40.4 Å². The van der Waals surface area contributed by atoms with Crippen molar-refractivity contribution in [1.82, 2.24) is 14.8 Å². The summed E-state index contributed by atoms with van der Waals surface area (Å²) in [6, 6.07) is 10.00. The van der Waals surface area contributed by atoms with Crippen molar-refractivity contribution in [3.8, 4) is 17.2 Å². The van der Waals surface area contributed by atoms with Gasteiger partial charge >= 0.3 is 0 Å². The van der Waals surface area contributed by atoms with Crippen LogP contribution < -0.4 is 14.8 Å². The molecule has 1 aromatic heterocycles. The van der Waals surface area contributed by atoms with Crippen LogP contribution in [0.25, 0.3) is 5.69 Å². The van der Waals surface area contributed by atoms with Gasteiger partial charge in [0.1, 0.15) is 19.0 Å². The summed E-state index contributed by atoms with van der Waals surface area (Å²) in [5.74, 6) is 2.24. The second kappa shape index (κ2) is 9.23. The van der Waals surface area contributed by atoms with Crippen molar-refractivity contribution in [1.29, 1.82) is 0 Å². The van der Waals surface area contributed by atoms with Gasteiger partial charge in [0.2, 0.25) is 5.91 Å². The minimum absolute atomic E-state index is 0.120. The molecule has 2 heterocycles. The average molecular weight is 457 g/mol. The number of aryl methyl sites for hydroxylation is 3. The lowest BCUT2D eigenvalue weighted by molar-refractivity contribution is -0.113. The molecule has 7 nitrogen and oxygen atoms in total. The molecule has 1 aliphatic rings. The van der Waals surface area contributed by atoms with Crippen LogP contribution in [0.4, 0.5) is 5.69 Å². The highest BCUT2D eigenvalue weighted by atomic mass is 32.2. The van der Waals surface area contributed by atoms with Gasteiger partial charge in [-0.25, -0.2) is 0 Å². The molecule has 3 aromatic rings. The van der Waals surface area contributed by atoms with Crippen molar-refractivity contribution in [2.75, 3.05) is 30.5 Å². The van der Waals surface area contributed by atoms with Crippen LogP contribution in [0.5, 0.6) is 11.5 Å². The van der Waals surface area contributed by atoms with Gasteiger partial charge in [0.05, 0.1) is 17.1 Å². The lowest BCUT2D eigenvalue weighted by atomic mass is 10.1. The number of carbonyl (C=O) groups excluding carboxylic acids is 1. The molecular formula is C22H24N4O3S2. The largest absolute Gasteiger partial charge is 0.486 e. The topological polar surface area (TPSA) is 78.3 Å². The smallest absolute Gasteiger partial charge is 0.234 e. The van der Waals surface area contributed by atoms with E-state index in [1.54, 1.807) is 11.8 Å². The highest BCUT2D eigenvalue weighted by Gasteiger charge is 2.19. The summed E-state index contributed by atoms with van der Waals surface area (Å²) in [4.78, 5) is 13.7. The Labute approximate surface area is 189 Å². The average Bonchev–Trinajstić information content (AvgIpc) is 3.13. The zero-order valence-electron chi connectivity index (χ0n) is 17.9. The number of benzene rings is 2. The van der Waals surface area contributed by atoms with Gasteiger partial charge in [-0.05, 0) is 50.3 Å². The molecule has 0 atom stereocenters. The number of nitrogens with zero attached hydrogens (tertiary/aromatic N) is 3. The minimum Gasteiger partial charge on any atom is -0.486 e. The van der Waals surface area contributed by atoms with Gasteiger partial charge in [-0.1, -0.05) is 23.9 Å². The number of nitrogens with one attached hydrogen (secondary N) is 1. The fraction of sp³-hybridized carbons (Fsp3) is 0.318. The van der Waals surface area contributed by atoms with E-state index in [1.807, 2.05) is 29.9 Å². The Morgan fingerprint density at radius 2 is 1.84 bits per heavy atom. The summed E-state index contributed by atoms with van der Waals surface area (Å²) in [6.07, 6.45) is 1.96. The number of ether oxygens (including phenoxy) is 2. The van der Waals surface area contributed by atoms with Crippen molar-refractivity contribution in [3.05, 3.63) is 47.3 Å². The molecule has 9 heteroatoms. The summed E-state index contributed by atoms with van der Waals surface area (Å²) in [7, 11) is 0. The van der Waals surface area contributed by atoms with Crippen molar-refractivity contribution in [2.45, 2.75) is 30.8 Å². The number of aromatic nitrogens is 3. The molecule has 1 aliphatic heterocycles. The SMILES string of the molecule is CSc1cc2c(cc1NC(=O)CSc1nnc(C)n1-c1cc(C)ccc1C)OCCO2. The van der Waals surface area contributed by atoms with E-state index in [0.29, 0.717) is 29.9 Å². The van der Waals surface area contributed by atoms with Crippen LogP contribution in [0.2, 0.25) is 0 Å². The van der Waals surface area contributed by atoms with Gasteiger partial charge in [-0.15, -0.1) is 22.0 Å². The molecule has 0 spiro atoms. The number of rotatable bonds is 6. The third-order valence-electron chi connectivity index (χ3n) is 4.87. The van der Waals surface area contributed by atoms with E-state index in [4.69, 9.17) is 9.47 Å². The quantitative estimate of drug-likeness (QED) is 0.550. The molecule has 1 N–H and O–H groups in total. The number of hydrogen-bond acceptors (Lipinski definition) is 7. The standard InChI is InChI=1S/C22H24N4O3S2/c1-13-5-6-14(2)17(9-13)26-15(3)24-25-22(26)31-12-21(27)23-16-10-18-19(11-20(16)30-4)29-8-7-28-18/h5-6,9-11H,7-8,12H2,1-4H3,(H,23,27). The van der Waals surface area contributed by atoms with E-state index in [0.717, 1.165) is 33.2 Å². The first-order valence-electron chi connectivity index (χ1n) is 9.86. The maximum Gasteiger partial charge on any atom is 0.234 e. The second-order valence-electron chi connectivity index (χ2n) is 7.19. The lowest BCUT2D eigenvalue weighted by Gasteiger charge is -2.21. The van der Waals surface area contributed by atoms with Gasteiger partial charge in [0.25, 0.3) is 0 Å². The number of thioether (sulfide) groups is 2. The molecular weight excluding hydrogens is 432 g/mol. The Morgan fingerprint density at radius 3 is 2.58 bits per heavy atom. The predicted molar refractivity (Wildman–Crippen MR) is 124 cm³/mol. The first kappa shape index (κ1) is 21.6. The van der Waals surface area contributed by atoms with Crippen molar-refractivity contribution in [2.24, 2.45) is 0 Å². The first-order valence-corrected chi connectivity index (χ1v) is 12.1. The van der Waals surface area contributed by atoms with Crippen molar-refractivity contribution in [3.63, 3.8) is 0 Å². The molecule has 0 radical (unpaired) electrons. The Kier molecular flexibility index (Phi) is 6.43. The Bertz CT molecular complexity index is 1130. The Balaban J connectivity index is 1.50. The van der Waals surface area contributed by atoms with Gasteiger partial charge < -0.3 is 14.8 Å². The van der Waals surface area contributed by atoms with Crippen LogP contribution in [-0.2, 0) is 4.79 Å². The summed E-state index contributed by atoms with van der Waals surface area (Å²) in [6.45, 7) is 7.06. The van der Waals surface area contributed by atoms with E-state index in [-0.39, 0.29) is 11.7 Å². The highest BCUT2D eigenvalue weighted by Crippen LogP contribution is 2.39. The van der Waals surface area contributed by atoms with E-state index < -0.39 is 0 Å². The third-order valence-corrected chi connectivity index (χ3v) is 6.58. The molecule has 2 aromatic carbocycles. The Hall–Kier alpha value is -2.65. The highest BCUT2D eigenvalue weighted by molar-refractivity contribution is 7.99. The van der Waals surface area contributed by atoms with Gasteiger partial charge in [0.15, 0.2) is 16.7 Å². The van der Waals surface area contributed by atoms with Crippen LogP contribution in [-0.4, -0.2) is 45.9 Å². The number of amides is 1. The summed E-state index contributed by atoms with van der Waals surface area (Å²) in [5, 5.41) is 12.2. The molecule has 31 heavy (non-hydrogen) atoms. The molecule has 162 valence electrons. The number of anilines is 1. The van der Waals surface area contributed by atoms with Crippen LogP contribution in [0, 0.1) is 20.8 Å². The molecule has 0 fully saturated rings. The third kappa shape index (κ3) is 4.67. The molecule has 0 unspecified atom stereocenters. The molecule has 0 aliphatic carbocycles. The van der Waals surface area contributed by atoms with Crippen molar-refractivity contribution < 1.29 is 14.3 Å². The second-order valence-corrected chi connectivity index (χ2v) is 8.98. The van der Waals surface area contributed by atoms with Crippen LogP contribution in [0.3, 0.4) is 0 Å². The fourth-order valence-corrected chi connectivity index (χ4v) is 4.67. The minimum atomic E-state index is -0.120. The van der Waals surface area contributed by atoms with Crippen LogP contribution >= 0.6 is 23.5 Å². The van der Waals surface area contributed by atoms with Gasteiger partial charge in [-0.2, -0.15) is 0 Å². The number of fused-ring (bicyclic) bond motifs is 1. The van der Waals surface area contributed by atoms with E-state index >= 15 is 0 Å². The zero-order chi connectivity index (χ0) is 22.0. The summed E-state index contributed by atoms with van der Waals surface area (Å²) >= 11 is 2.91. The molecule has 0 bridgehead atoms. The monoisotopic (exact) mass is 456 g/mol. The number of hydrogen-bond donors (Lipinski definition) is 1.